The maximum atomic E-state index is 12.9. The van der Waals surface area contributed by atoms with E-state index < -0.39 is 42.9 Å². The number of hydrogen-bond acceptors (Lipinski definition) is 8. The Hall–Kier alpha value is -2.64. The van der Waals surface area contributed by atoms with Gasteiger partial charge in [0.25, 0.3) is 0 Å². The molecule has 0 spiro atoms. The molecular weight excluding hydrogens is 572 g/mol. The second-order valence-electron chi connectivity index (χ2n) is 12.1. The van der Waals surface area contributed by atoms with Crippen LogP contribution in [0.15, 0.2) is 25.3 Å². The fourth-order valence-electron chi connectivity index (χ4n) is 5.04. The van der Waals surface area contributed by atoms with Crippen molar-refractivity contribution in [3.05, 3.63) is 25.3 Å². The van der Waals surface area contributed by atoms with Gasteiger partial charge in [0.05, 0.1) is 0 Å². The van der Waals surface area contributed by atoms with Crippen LogP contribution >= 0.6 is 0 Å². The number of unbranched alkanes of at least 4 members (excludes halogenated alkanes) is 20. The Labute approximate surface area is 274 Å². The molecule has 0 rings (SSSR count). The number of carbonyl (C=O) groups excluding carboxylic acids is 4. The van der Waals surface area contributed by atoms with Crippen molar-refractivity contribution in [3.8, 4) is 0 Å². The summed E-state index contributed by atoms with van der Waals surface area (Å²) in [5, 5.41) is 0. The highest BCUT2D eigenvalue weighted by molar-refractivity contribution is 5.82. The van der Waals surface area contributed by atoms with Crippen molar-refractivity contribution in [2.24, 2.45) is 0 Å². The maximum Gasteiger partial charge on any atom is 0.330 e. The normalized spacial score (nSPS) is 11.1. The molecule has 0 aromatic heterocycles. The molecule has 0 heterocycles. The van der Waals surface area contributed by atoms with Gasteiger partial charge in [0, 0.05) is 25.0 Å². The van der Waals surface area contributed by atoms with Gasteiger partial charge < -0.3 is 18.9 Å². The Bertz CT molecular complexity index is 740. The molecule has 0 atom stereocenters. The predicted octanol–water partition coefficient (Wildman–Crippen LogP) is 9.63. The monoisotopic (exact) mass is 636 g/mol. The van der Waals surface area contributed by atoms with E-state index in [1.807, 2.05) is 0 Å². The summed E-state index contributed by atoms with van der Waals surface area (Å²) < 4.78 is 21.4. The minimum absolute atomic E-state index is 0.0970. The largest absolute Gasteiger partial charge is 0.454 e. The first kappa shape index (κ1) is 42.4. The molecule has 0 bridgehead atoms. The van der Waals surface area contributed by atoms with E-state index in [-0.39, 0.29) is 12.8 Å². The van der Waals surface area contributed by atoms with Crippen molar-refractivity contribution in [1.29, 1.82) is 0 Å². The van der Waals surface area contributed by atoms with Gasteiger partial charge in [0.1, 0.15) is 0 Å². The summed E-state index contributed by atoms with van der Waals surface area (Å²) in [5.41, 5.74) is 0. The molecule has 0 N–H and O–H groups in total. The molecule has 0 unspecified atom stereocenters. The van der Waals surface area contributed by atoms with Crippen molar-refractivity contribution < 1.29 is 38.1 Å². The number of carbonyl (C=O) groups is 4. The van der Waals surface area contributed by atoms with Gasteiger partial charge in [0.15, 0.2) is 13.2 Å². The zero-order valence-electron chi connectivity index (χ0n) is 28.7. The minimum Gasteiger partial charge on any atom is -0.454 e. The van der Waals surface area contributed by atoms with Gasteiger partial charge in [-0.2, -0.15) is 0 Å². The van der Waals surface area contributed by atoms with Crippen LogP contribution in [0.4, 0.5) is 0 Å². The molecule has 8 nitrogen and oxygen atoms in total. The van der Waals surface area contributed by atoms with Crippen molar-refractivity contribution in [1.82, 2.24) is 0 Å². The maximum absolute atomic E-state index is 12.9. The minimum atomic E-state index is -2.10. The van der Waals surface area contributed by atoms with Crippen LogP contribution in [0, 0.1) is 0 Å². The van der Waals surface area contributed by atoms with Gasteiger partial charge >= 0.3 is 29.7 Å². The lowest BCUT2D eigenvalue weighted by atomic mass is 10.1. The first-order valence-corrected chi connectivity index (χ1v) is 17.8. The first-order chi connectivity index (χ1) is 21.8. The average Bonchev–Trinajstić information content (AvgIpc) is 3.03. The molecule has 0 saturated carbocycles. The van der Waals surface area contributed by atoms with E-state index in [0.29, 0.717) is 12.8 Å². The van der Waals surface area contributed by atoms with E-state index in [1.165, 1.54) is 89.9 Å². The van der Waals surface area contributed by atoms with Crippen LogP contribution in [0.2, 0.25) is 0 Å². The highest BCUT2D eigenvalue weighted by Crippen LogP contribution is 2.21. The first-order valence-electron chi connectivity index (χ1n) is 17.8. The van der Waals surface area contributed by atoms with E-state index in [0.717, 1.165) is 50.7 Å². The van der Waals surface area contributed by atoms with Crippen LogP contribution in [-0.4, -0.2) is 42.9 Å². The summed E-state index contributed by atoms with van der Waals surface area (Å²) in [7, 11) is 0. The lowest BCUT2D eigenvalue weighted by Gasteiger charge is -2.31. The number of esters is 4. The Morgan fingerprint density at radius 1 is 0.467 bits per heavy atom. The van der Waals surface area contributed by atoms with Gasteiger partial charge in [0.2, 0.25) is 0 Å². The van der Waals surface area contributed by atoms with Crippen LogP contribution in [0.25, 0.3) is 0 Å². The van der Waals surface area contributed by atoms with E-state index in [2.05, 4.69) is 27.0 Å². The lowest BCUT2D eigenvalue weighted by molar-refractivity contribution is -0.257. The highest BCUT2D eigenvalue weighted by atomic mass is 16.8. The molecule has 0 aliphatic rings. The van der Waals surface area contributed by atoms with Crippen LogP contribution in [-0.2, 0) is 38.1 Å². The molecule has 0 aliphatic carbocycles. The second kappa shape index (κ2) is 30.0. The molecule has 0 radical (unpaired) electrons. The van der Waals surface area contributed by atoms with E-state index in [1.54, 1.807) is 0 Å². The molecule has 0 amide bonds. The predicted molar refractivity (Wildman–Crippen MR) is 179 cm³/mol. The molecule has 0 aromatic carbocycles. The third kappa shape index (κ3) is 26.3. The Morgan fingerprint density at radius 3 is 1.00 bits per heavy atom. The van der Waals surface area contributed by atoms with Crippen LogP contribution in [0.5, 0.6) is 0 Å². The van der Waals surface area contributed by atoms with Crippen LogP contribution < -0.4 is 0 Å². The summed E-state index contributed by atoms with van der Waals surface area (Å²) in [4.78, 5) is 49.4. The van der Waals surface area contributed by atoms with Gasteiger partial charge in [-0.3, -0.25) is 9.59 Å². The summed E-state index contributed by atoms with van der Waals surface area (Å²) >= 11 is 0. The Morgan fingerprint density at radius 2 is 0.733 bits per heavy atom. The second-order valence-corrected chi connectivity index (χ2v) is 12.1. The third-order valence-corrected chi connectivity index (χ3v) is 7.77. The van der Waals surface area contributed by atoms with Gasteiger partial charge in [-0.1, -0.05) is 155 Å². The Balaban J connectivity index is 4.83. The fraction of sp³-hybridized carbons (Fsp3) is 0.784. The van der Waals surface area contributed by atoms with E-state index in [4.69, 9.17) is 18.9 Å². The topological polar surface area (TPSA) is 105 Å². The molecule has 0 aliphatic heterocycles. The highest BCUT2D eigenvalue weighted by Gasteiger charge is 2.42. The van der Waals surface area contributed by atoms with Gasteiger partial charge in [-0.05, 0) is 12.8 Å². The van der Waals surface area contributed by atoms with Gasteiger partial charge in [-0.25, -0.2) is 9.59 Å². The molecule has 0 aromatic rings. The Kier molecular flexibility index (Phi) is 28.3. The average molecular weight is 637 g/mol. The number of hydrogen-bond donors (Lipinski definition) is 0. The van der Waals surface area contributed by atoms with Crippen LogP contribution in [0.3, 0.4) is 0 Å². The number of ether oxygens (including phenoxy) is 4. The summed E-state index contributed by atoms with van der Waals surface area (Å²) in [5.74, 6) is -4.94. The fourth-order valence-corrected chi connectivity index (χ4v) is 5.04. The summed E-state index contributed by atoms with van der Waals surface area (Å²) in [6.45, 7) is 9.92. The summed E-state index contributed by atoms with van der Waals surface area (Å²) in [6.07, 6.45) is 27.1. The van der Waals surface area contributed by atoms with E-state index in [9.17, 15) is 19.2 Å². The van der Waals surface area contributed by atoms with E-state index >= 15 is 0 Å². The standard InChI is InChI=1S/C37H64O8/c1-5-9-11-13-15-17-19-21-23-25-27-29-35(40)44-37(31-42-33(38)7-3,32-43-34(39)8-4)45-36(41)30-28-26-24-22-20-18-16-14-12-10-6-2/h7-8H,3-6,9-32H2,1-2H3. The zero-order chi connectivity index (χ0) is 33.4. The molecule has 45 heavy (non-hydrogen) atoms. The lowest BCUT2D eigenvalue weighted by Crippen LogP contribution is -2.49. The molecule has 260 valence electrons. The molecule has 8 heteroatoms. The van der Waals surface area contributed by atoms with Gasteiger partial charge in [-0.15, -0.1) is 0 Å². The van der Waals surface area contributed by atoms with Crippen LogP contribution in [0.1, 0.15) is 168 Å². The molecule has 0 saturated heterocycles. The van der Waals surface area contributed by atoms with Crippen molar-refractivity contribution >= 4 is 23.9 Å². The summed E-state index contributed by atoms with van der Waals surface area (Å²) in [6, 6.07) is 0. The van der Waals surface area contributed by atoms with Crippen molar-refractivity contribution in [3.63, 3.8) is 0 Å². The van der Waals surface area contributed by atoms with Crippen molar-refractivity contribution in [2.75, 3.05) is 13.2 Å². The zero-order valence-corrected chi connectivity index (χ0v) is 28.7. The molecular formula is C37H64O8. The third-order valence-electron chi connectivity index (χ3n) is 7.77. The SMILES string of the molecule is C=CC(=O)OCC(COC(=O)C=C)(OC(=O)CCCCCCCCCCCCC)OC(=O)CCCCCCCCCCCCC. The smallest absolute Gasteiger partial charge is 0.330 e. The molecule has 0 fully saturated rings. The number of rotatable bonds is 32. The van der Waals surface area contributed by atoms with Crippen molar-refractivity contribution in [2.45, 2.75) is 174 Å². The quantitative estimate of drug-likeness (QED) is 0.0236.